The molecule has 7 nitrogen and oxygen atoms in total. The first kappa shape index (κ1) is 12.0. The minimum atomic E-state index is -0.547. The molecule has 0 radical (unpaired) electrons. The summed E-state index contributed by atoms with van der Waals surface area (Å²) in [6.45, 7) is 1.22. The highest BCUT2D eigenvalue weighted by molar-refractivity contribution is 6.28. The van der Waals surface area contributed by atoms with Crippen LogP contribution in [-0.4, -0.2) is 34.1 Å². The zero-order valence-corrected chi connectivity index (χ0v) is 9.68. The van der Waals surface area contributed by atoms with E-state index in [0.29, 0.717) is 6.54 Å². The Balaban J connectivity index is 2.07. The molecule has 1 atom stereocenters. The SMILES string of the molecule is O=[N+]([O-])c1cnc(Cl)nc1NC[C@@H]1CCCO1. The summed E-state index contributed by atoms with van der Waals surface area (Å²) in [5, 5.41) is 13.6. The first-order valence-electron chi connectivity index (χ1n) is 5.19. The van der Waals surface area contributed by atoms with Crippen molar-refractivity contribution in [2.75, 3.05) is 18.5 Å². The van der Waals surface area contributed by atoms with Gasteiger partial charge in [-0.3, -0.25) is 10.1 Å². The number of hydrogen-bond acceptors (Lipinski definition) is 6. The average Bonchev–Trinajstić information content (AvgIpc) is 2.78. The fourth-order valence-corrected chi connectivity index (χ4v) is 1.77. The molecule has 1 aliphatic heterocycles. The Morgan fingerprint density at radius 3 is 3.18 bits per heavy atom. The fraction of sp³-hybridized carbons (Fsp3) is 0.556. The lowest BCUT2D eigenvalue weighted by atomic mass is 10.2. The molecule has 2 heterocycles. The van der Waals surface area contributed by atoms with Gasteiger partial charge in [-0.15, -0.1) is 0 Å². The molecule has 2 rings (SSSR count). The monoisotopic (exact) mass is 258 g/mol. The number of halogens is 1. The van der Waals surface area contributed by atoms with Crippen LogP contribution in [0.3, 0.4) is 0 Å². The predicted octanol–water partition coefficient (Wildman–Crippen LogP) is 1.63. The Bertz CT molecular complexity index is 423. The van der Waals surface area contributed by atoms with Crippen LogP contribution >= 0.6 is 11.6 Å². The second kappa shape index (κ2) is 5.24. The number of nitrogens with one attached hydrogen (secondary N) is 1. The van der Waals surface area contributed by atoms with Crippen LogP contribution in [0.4, 0.5) is 11.5 Å². The van der Waals surface area contributed by atoms with Gasteiger partial charge in [0.05, 0.1) is 11.0 Å². The van der Waals surface area contributed by atoms with Gasteiger partial charge in [-0.1, -0.05) is 0 Å². The minimum Gasteiger partial charge on any atom is -0.376 e. The summed E-state index contributed by atoms with van der Waals surface area (Å²) < 4.78 is 5.40. The molecule has 0 spiro atoms. The van der Waals surface area contributed by atoms with E-state index < -0.39 is 4.92 Å². The van der Waals surface area contributed by atoms with Crippen molar-refractivity contribution in [1.82, 2.24) is 9.97 Å². The largest absolute Gasteiger partial charge is 0.376 e. The maximum absolute atomic E-state index is 10.7. The normalized spacial score (nSPS) is 19.2. The predicted molar refractivity (Wildman–Crippen MR) is 61.2 cm³/mol. The van der Waals surface area contributed by atoms with E-state index in [1.54, 1.807) is 0 Å². The van der Waals surface area contributed by atoms with Gasteiger partial charge < -0.3 is 10.1 Å². The van der Waals surface area contributed by atoms with Crippen LogP contribution in [0.2, 0.25) is 5.28 Å². The van der Waals surface area contributed by atoms with Crippen molar-refractivity contribution in [3.8, 4) is 0 Å². The average molecular weight is 259 g/mol. The van der Waals surface area contributed by atoms with Gasteiger partial charge in [0.1, 0.15) is 6.20 Å². The zero-order valence-electron chi connectivity index (χ0n) is 8.93. The molecule has 0 amide bonds. The van der Waals surface area contributed by atoms with Gasteiger partial charge in [-0.25, -0.2) is 4.98 Å². The van der Waals surface area contributed by atoms with Gasteiger partial charge in [-0.05, 0) is 24.4 Å². The summed E-state index contributed by atoms with van der Waals surface area (Å²) in [4.78, 5) is 17.6. The summed E-state index contributed by atoms with van der Waals surface area (Å²) in [6, 6.07) is 0. The highest BCUT2D eigenvalue weighted by Crippen LogP contribution is 2.22. The van der Waals surface area contributed by atoms with Crippen molar-refractivity contribution >= 4 is 23.1 Å². The molecule has 1 fully saturated rings. The quantitative estimate of drug-likeness (QED) is 0.501. The lowest BCUT2D eigenvalue weighted by molar-refractivity contribution is -0.384. The van der Waals surface area contributed by atoms with Crippen LogP contribution in [0.1, 0.15) is 12.8 Å². The van der Waals surface area contributed by atoms with E-state index in [1.807, 2.05) is 0 Å². The second-order valence-electron chi connectivity index (χ2n) is 3.65. The first-order valence-corrected chi connectivity index (χ1v) is 5.57. The van der Waals surface area contributed by atoms with E-state index in [2.05, 4.69) is 15.3 Å². The molecule has 92 valence electrons. The van der Waals surface area contributed by atoms with Crippen LogP contribution in [0.25, 0.3) is 0 Å². The molecule has 1 aromatic heterocycles. The fourth-order valence-electron chi connectivity index (χ4n) is 1.63. The summed E-state index contributed by atoms with van der Waals surface area (Å²) in [6.07, 6.45) is 3.12. The molecule has 8 heteroatoms. The Hall–Kier alpha value is -1.47. The number of anilines is 1. The Kier molecular flexibility index (Phi) is 3.70. The summed E-state index contributed by atoms with van der Waals surface area (Å²) in [5.74, 6) is 0.130. The molecule has 0 aromatic carbocycles. The molecular formula is C9H11ClN4O3. The summed E-state index contributed by atoms with van der Waals surface area (Å²) in [7, 11) is 0. The van der Waals surface area contributed by atoms with E-state index >= 15 is 0 Å². The molecule has 1 aromatic rings. The maximum Gasteiger partial charge on any atom is 0.329 e. The number of hydrogen-bond donors (Lipinski definition) is 1. The number of aromatic nitrogens is 2. The molecule has 1 saturated heterocycles. The highest BCUT2D eigenvalue weighted by Gasteiger charge is 2.20. The van der Waals surface area contributed by atoms with Crippen LogP contribution in [0.15, 0.2) is 6.20 Å². The molecule has 0 aliphatic carbocycles. The van der Waals surface area contributed by atoms with E-state index in [9.17, 15) is 10.1 Å². The van der Waals surface area contributed by atoms with Crippen molar-refractivity contribution < 1.29 is 9.66 Å². The molecule has 1 aliphatic rings. The molecule has 0 unspecified atom stereocenters. The van der Waals surface area contributed by atoms with Gasteiger partial charge in [0.15, 0.2) is 0 Å². The Morgan fingerprint density at radius 1 is 1.71 bits per heavy atom. The van der Waals surface area contributed by atoms with E-state index in [0.717, 1.165) is 25.6 Å². The topological polar surface area (TPSA) is 90.2 Å². The van der Waals surface area contributed by atoms with Gasteiger partial charge >= 0.3 is 5.69 Å². The summed E-state index contributed by atoms with van der Waals surface area (Å²) >= 11 is 5.60. The summed E-state index contributed by atoms with van der Waals surface area (Å²) in [5.41, 5.74) is -0.188. The lowest BCUT2D eigenvalue weighted by Gasteiger charge is -2.10. The van der Waals surface area contributed by atoms with Crippen molar-refractivity contribution in [2.24, 2.45) is 0 Å². The van der Waals surface area contributed by atoms with Crippen LogP contribution in [-0.2, 0) is 4.74 Å². The van der Waals surface area contributed by atoms with Gasteiger partial charge in [-0.2, -0.15) is 4.98 Å². The number of rotatable bonds is 4. The van der Waals surface area contributed by atoms with Gasteiger partial charge in [0, 0.05) is 13.2 Å². The minimum absolute atomic E-state index is 0.0227. The highest BCUT2D eigenvalue weighted by atomic mass is 35.5. The van der Waals surface area contributed by atoms with Crippen molar-refractivity contribution in [3.63, 3.8) is 0 Å². The first-order chi connectivity index (χ1) is 8.16. The third-order valence-electron chi connectivity index (χ3n) is 2.46. The molecule has 1 N–H and O–H groups in total. The van der Waals surface area contributed by atoms with E-state index in [1.165, 1.54) is 0 Å². The molecule has 0 bridgehead atoms. The molecular weight excluding hydrogens is 248 g/mol. The van der Waals surface area contributed by atoms with Gasteiger partial charge in [0.2, 0.25) is 11.1 Å². The van der Waals surface area contributed by atoms with Crippen LogP contribution < -0.4 is 5.32 Å². The Morgan fingerprint density at radius 2 is 2.53 bits per heavy atom. The lowest BCUT2D eigenvalue weighted by Crippen LogP contribution is -2.19. The van der Waals surface area contributed by atoms with Gasteiger partial charge in [0.25, 0.3) is 0 Å². The van der Waals surface area contributed by atoms with Crippen molar-refractivity contribution in [1.29, 1.82) is 0 Å². The van der Waals surface area contributed by atoms with Crippen LogP contribution in [0.5, 0.6) is 0 Å². The number of ether oxygens (including phenoxy) is 1. The third kappa shape index (κ3) is 3.01. The number of nitrogens with zero attached hydrogens (tertiary/aromatic N) is 3. The van der Waals surface area contributed by atoms with Crippen molar-refractivity contribution in [2.45, 2.75) is 18.9 Å². The zero-order chi connectivity index (χ0) is 12.3. The molecule has 17 heavy (non-hydrogen) atoms. The van der Waals surface area contributed by atoms with E-state index in [4.69, 9.17) is 16.3 Å². The third-order valence-corrected chi connectivity index (χ3v) is 2.64. The van der Waals surface area contributed by atoms with Crippen molar-refractivity contribution in [3.05, 3.63) is 21.6 Å². The van der Waals surface area contributed by atoms with E-state index in [-0.39, 0.29) is 22.9 Å². The second-order valence-corrected chi connectivity index (χ2v) is 3.98. The van der Waals surface area contributed by atoms with Crippen LogP contribution in [0, 0.1) is 10.1 Å². The Labute approximate surface area is 102 Å². The maximum atomic E-state index is 10.7. The standard InChI is InChI=1S/C9H11ClN4O3/c10-9-12-5-7(14(15)16)8(13-9)11-4-6-2-1-3-17-6/h5-6H,1-4H2,(H,11,12,13)/t6-/m0/s1. The molecule has 0 saturated carbocycles. The smallest absolute Gasteiger partial charge is 0.329 e. The number of nitro groups is 1.